The Bertz CT molecular complexity index is 946. The molecular formula is C21H30N4O3S. The summed E-state index contributed by atoms with van der Waals surface area (Å²) in [7, 11) is -3.14. The second-order valence-electron chi connectivity index (χ2n) is 7.54. The Balaban J connectivity index is 1.54. The lowest BCUT2D eigenvalue weighted by molar-refractivity contribution is -0.122. The molecule has 1 aliphatic heterocycles. The van der Waals surface area contributed by atoms with Gasteiger partial charge < -0.3 is 5.32 Å². The number of sulfonamides is 1. The molecule has 8 heteroatoms. The number of piperidine rings is 1. The van der Waals surface area contributed by atoms with Gasteiger partial charge in [-0.05, 0) is 57.7 Å². The van der Waals surface area contributed by atoms with Gasteiger partial charge in [0.15, 0.2) is 0 Å². The van der Waals surface area contributed by atoms with Crippen LogP contribution in [0.4, 0.5) is 0 Å². The standard InChI is InChI=1S/C21H30N4O3S/c1-4-29(27,28)24-14-12-18(13-15-24)22-21(26)11-10-20-16(2)23-25(17(20)3)19-8-6-5-7-9-19/h5-9,18H,4,10-15H2,1-3H3,(H,22,26). The average Bonchev–Trinajstić information content (AvgIpc) is 3.01. The number of para-hydroxylation sites is 1. The Labute approximate surface area is 173 Å². The molecule has 158 valence electrons. The molecule has 1 N–H and O–H groups in total. The molecule has 7 nitrogen and oxygen atoms in total. The predicted octanol–water partition coefficient (Wildman–Crippen LogP) is 2.35. The summed E-state index contributed by atoms with van der Waals surface area (Å²) < 4.78 is 27.3. The molecule has 1 saturated heterocycles. The molecule has 0 radical (unpaired) electrons. The molecular weight excluding hydrogens is 388 g/mol. The van der Waals surface area contributed by atoms with Crippen LogP contribution in [0.25, 0.3) is 5.69 Å². The SMILES string of the molecule is CCS(=O)(=O)N1CCC(NC(=O)CCc2c(C)nn(-c3ccccc3)c2C)CC1. The van der Waals surface area contributed by atoms with Crippen molar-refractivity contribution in [1.82, 2.24) is 19.4 Å². The summed E-state index contributed by atoms with van der Waals surface area (Å²) in [6.45, 7) is 6.62. The van der Waals surface area contributed by atoms with E-state index in [1.807, 2.05) is 48.9 Å². The van der Waals surface area contributed by atoms with Crippen molar-refractivity contribution in [2.75, 3.05) is 18.8 Å². The largest absolute Gasteiger partial charge is 0.353 e. The molecule has 1 aliphatic rings. The summed E-state index contributed by atoms with van der Waals surface area (Å²) in [5.74, 6) is 0.132. The van der Waals surface area contributed by atoms with E-state index in [1.165, 1.54) is 4.31 Å². The van der Waals surface area contributed by atoms with Crippen LogP contribution in [0.1, 0.15) is 43.1 Å². The molecule has 2 aromatic rings. The molecule has 0 unspecified atom stereocenters. The molecule has 29 heavy (non-hydrogen) atoms. The zero-order valence-corrected chi connectivity index (χ0v) is 18.2. The lowest BCUT2D eigenvalue weighted by atomic mass is 10.0. The predicted molar refractivity (Wildman–Crippen MR) is 114 cm³/mol. The van der Waals surface area contributed by atoms with E-state index in [1.54, 1.807) is 6.92 Å². The van der Waals surface area contributed by atoms with Gasteiger partial charge >= 0.3 is 0 Å². The third-order valence-corrected chi connectivity index (χ3v) is 7.50. The van der Waals surface area contributed by atoms with E-state index < -0.39 is 10.0 Å². The van der Waals surface area contributed by atoms with Gasteiger partial charge in [-0.3, -0.25) is 4.79 Å². The van der Waals surface area contributed by atoms with Crippen molar-refractivity contribution in [2.24, 2.45) is 0 Å². The monoisotopic (exact) mass is 418 g/mol. The number of rotatable bonds is 7. The minimum Gasteiger partial charge on any atom is -0.353 e. The highest BCUT2D eigenvalue weighted by atomic mass is 32.2. The maximum absolute atomic E-state index is 12.4. The Hall–Kier alpha value is -2.19. The quantitative estimate of drug-likeness (QED) is 0.748. The smallest absolute Gasteiger partial charge is 0.220 e. The molecule has 0 atom stereocenters. The van der Waals surface area contributed by atoms with E-state index in [9.17, 15) is 13.2 Å². The highest BCUT2D eigenvalue weighted by molar-refractivity contribution is 7.89. The number of amides is 1. The van der Waals surface area contributed by atoms with Gasteiger partial charge in [0.25, 0.3) is 0 Å². The Morgan fingerprint density at radius 1 is 1.17 bits per heavy atom. The normalized spacial score (nSPS) is 16.1. The number of hydrogen-bond acceptors (Lipinski definition) is 4. The van der Waals surface area contributed by atoms with E-state index in [2.05, 4.69) is 10.4 Å². The second kappa shape index (κ2) is 9.09. The molecule has 2 heterocycles. The van der Waals surface area contributed by atoms with E-state index in [0.717, 1.165) is 22.6 Å². The summed E-state index contributed by atoms with van der Waals surface area (Å²) in [6.07, 6.45) is 2.36. The van der Waals surface area contributed by atoms with Crippen molar-refractivity contribution in [3.63, 3.8) is 0 Å². The molecule has 0 spiro atoms. The van der Waals surface area contributed by atoms with Gasteiger partial charge in [-0.25, -0.2) is 17.4 Å². The lowest BCUT2D eigenvalue weighted by Gasteiger charge is -2.31. The van der Waals surface area contributed by atoms with Gasteiger partial charge in [0, 0.05) is 31.2 Å². The summed E-state index contributed by atoms with van der Waals surface area (Å²) in [4.78, 5) is 12.4. The first-order valence-electron chi connectivity index (χ1n) is 10.2. The molecule has 0 bridgehead atoms. The molecule has 0 aliphatic carbocycles. The van der Waals surface area contributed by atoms with Crippen molar-refractivity contribution in [1.29, 1.82) is 0 Å². The van der Waals surface area contributed by atoms with Crippen molar-refractivity contribution in [3.8, 4) is 5.69 Å². The van der Waals surface area contributed by atoms with E-state index >= 15 is 0 Å². The minimum absolute atomic E-state index is 0.00746. The van der Waals surface area contributed by atoms with Crippen LogP contribution >= 0.6 is 0 Å². The Morgan fingerprint density at radius 3 is 2.45 bits per heavy atom. The summed E-state index contributed by atoms with van der Waals surface area (Å²) in [6, 6.07) is 10.0. The lowest BCUT2D eigenvalue weighted by Crippen LogP contribution is -2.46. The molecule has 1 amide bonds. The number of carbonyl (C=O) groups excluding carboxylic acids is 1. The van der Waals surface area contributed by atoms with Crippen LogP contribution in [-0.2, 0) is 21.2 Å². The van der Waals surface area contributed by atoms with Gasteiger partial charge in [0.2, 0.25) is 15.9 Å². The summed E-state index contributed by atoms with van der Waals surface area (Å²) in [5, 5.41) is 7.70. The van der Waals surface area contributed by atoms with Crippen molar-refractivity contribution in [2.45, 2.75) is 52.5 Å². The number of nitrogens with one attached hydrogen (secondary N) is 1. The highest BCUT2D eigenvalue weighted by Crippen LogP contribution is 2.20. The van der Waals surface area contributed by atoms with Crippen LogP contribution in [0.15, 0.2) is 30.3 Å². The summed E-state index contributed by atoms with van der Waals surface area (Å²) >= 11 is 0. The molecule has 1 aromatic carbocycles. The fourth-order valence-corrected chi connectivity index (χ4v) is 4.99. The van der Waals surface area contributed by atoms with Crippen LogP contribution in [0.5, 0.6) is 0 Å². The number of aromatic nitrogens is 2. The van der Waals surface area contributed by atoms with Crippen LogP contribution in [0.3, 0.4) is 0 Å². The van der Waals surface area contributed by atoms with E-state index in [0.29, 0.717) is 38.8 Å². The third-order valence-electron chi connectivity index (χ3n) is 5.62. The van der Waals surface area contributed by atoms with Crippen molar-refractivity contribution in [3.05, 3.63) is 47.3 Å². The van der Waals surface area contributed by atoms with Crippen LogP contribution < -0.4 is 5.32 Å². The molecule has 3 rings (SSSR count). The van der Waals surface area contributed by atoms with Crippen LogP contribution in [0, 0.1) is 13.8 Å². The first-order chi connectivity index (χ1) is 13.8. The van der Waals surface area contributed by atoms with Gasteiger partial charge in [-0.1, -0.05) is 18.2 Å². The minimum atomic E-state index is -3.14. The maximum Gasteiger partial charge on any atom is 0.220 e. The average molecular weight is 419 g/mol. The van der Waals surface area contributed by atoms with Crippen LogP contribution in [0.2, 0.25) is 0 Å². The zero-order valence-electron chi connectivity index (χ0n) is 17.4. The third kappa shape index (κ3) is 5.05. The topological polar surface area (TPSA) is 84.3 Å². The van der Waals surface area contributed by atoms with Crippen molar-refractivity contribution >= 4 is 15.9 Å². The highest BCUT2D eigenvalue weighted by Gasteiger charge is 2.27. The van der Waals surface area contributed by atoms with E-state index in [-0.39, 0.29) is 17.7 Å². The fourth-order valence-electron chi connectivity index (χ4n) is 3.86. The van der Waals surface area contributed by atoms with Gasteiger partial charge in [0.05, 0.1) is 17.1 Å². The van der Waals surface area contributed by atoms with Gasteiger partial charge in [-0.15, -0.1) is 0 Å². The number of aryl methyl sites for hydroxylation is 1. The fraction of sp³-hybridized carbons (Fsp3) is 0.524. The zero-order chi connectivity index (χ0) is 21.0. The molecule has 1 fully saturated rings. The van der Waals surface area contributed by atoms with Gasteiger partial charge in [-0.2, -0.15) is 5.10 Å². The molecule has 1 aromatic heterocycles. The first-order valence-corrected chi connectivity index (χ1v) is 11.8. The van der Waals surface area contributed by atoms with Crippen LogP contribution in [-0.4, -0.2) is 53.3 Å². The number of nitrogens with zero attached hydrogens (tertiary/aromatic N) is 3. The number of benzene rings is 1. The van der Waals surface area contributed by atoms with Gasteiger partial charge in [0.1, 0.15) is 0 Å². The van der Waals surface area contributed by atoms with Crippen molar-refractivity contribution < 1.29 is 13.2 Å². The van der Waals surface area contributed by atoms with E-state index in [4.69, 9.17) is 0 Å². The first kappa shape index (κ1) is 21.5. The maximum atomic E-state index is 12.4. The number of carbonyl (C=O) groups is 1. The molecule has 0 saturated carbocycles. The second-order valence-corrected chi connectivity index (χ2v) is 9.80. The Kier molecular flexibility index (Phi) is 6.74. The number of hydrogen-bond donors (Lipinski definition) is 1. The summed E-state index contributed by atoms with van der Waals surface area (Å²) in [5.41, 5.74) is 4.11. The Morgan fingerprint density at radius 2 is 1.83 bits per heavy atom.